The zero-order valence-electron chi connectivity index (χ0n) is 13.2. The van der Waals surface area contributed by atoms with E-state index in [4.69, 9.17) is 0 Å². The summed E-state index contributed by atoms with van der Waals surface area (Å²) in [4.78, 5) is 28.1. The zero-order chi connectivity index (χ0) is 16.3. The average Bonchev–Trinajstić information content (AvgIpc) is 2.52. The molecular weight excluding hydrogens is 284 g/mol. The highest BCUT2D eigenvalue weighted by atomic mass is 16.5. The minimum atomic E-state index is -0.574. The number of phenols is 1. The number of amides is 1. The van der Waals surface area contributed by atoms with E-state index in [-0.39, 0.29) is 17.2 Å². The van der Waals surface area contributed by atoms with Crippen molar-refractivity contribution in [1.82, 2.24) is 9.80 Å². The molecule has 1 aliphatic heterocycles. The van der Waals surface area contributed by atoms with Crippen LogP contribution in [0, 0.1) is 0 Å². The summed E-state index contributed by atoms with van der Waals surface area (Å²) in [6.45, 7) is 1.33. The van der Waals surface area contributed by atoms with Crippen LogP contribution in [0.2, 0.25) is 0 Å². The van der Waals surface area contributed by atoms with Gasteiger partial charge in [-0.25, -0.2) is 4.79 Å². The van der Waals surface area contributed by atoms with Crippen LogP contribution in [0.3, 0.4) is 0 Å². The summed E-state index contributed by atoms with van der Waals surface area (Å²) < 4.78 is 4.64. The number of aromatic hydroxyl groups is 1. The number of piperidine rings is 1. The van der Waals surface area contributed by atoms with Gasteiger partial charge in [-0.2, -0.15) is 0 Å². The number of hydrogen-bond acceptors (Lipinski definition) is 5. The number of phenolic OH excluding ortho intramolecular Hbond substituents is 1. The Hall–Kier alpha value is -2.08. The Morgan fingerprint density at radius 2 is 1.95 bits per heavy atom. The van der Waals surface area contributed by atoms with Crippen molar-refractivity contribution >= 4 is 11.9 Å². The van der Waals surface area contributed by atoms with E-state index in [9.17, 15) is 14.7 Å². The molecule has 120 valence electrons. The number of nitrogens with zero attached hydrogens (tertiary/aromatic N) is 2. The first-order chi connectivity index (χ1) is 10.4. The topological polar surface area (TPSA) is 70.1 Å². The molecule has 1 fully saturated rings. The molecule has 0 spiro atoms. The van der Waals surface area contributed by atoms with Gasteiger partial charge in [0.15, 0.2) is 0 Å². The van der Waals surface area contributed by atoms with E-state index in [2.05, 4.69) is 9.64 Å². The number of likely N-dealkylation sites (N-methyl/N-ethyl adjacent to an activating group) is 1. The van der Waals surface area contributed by atoms with Crippen LogP contribution in [0.15, 0.2) is 18.2 Å². The van der Waals surface area contributed by atoms with Crippen LogP contribution < -0.4 is 0 Å². The molecule has 1 aromatic carbocycles. The number of esters is 1. The smallest absolute Gasteiger partial charge is 0.338 e. The first-order valence-electron chi connectivity index (χ1n) is 7.30. The second-order valence-electron chi connectivity index (χ2n) is 5.77. The van der Waals surface area contributed by atoms with Gasteiger partial charge < -0.3 is 19.6 Å². The normalized spacial score (nSPS) is 18.4. The van der Waals surface area contributed by atoms with E-state index >= 15 is 0 Å². The molecule has 6 heteroatoms. The van der Waals surface area contributed by atoms with E-state index in [1.807, 2.05) is 14.1 Å². The monoisotopic (exact) mass is 306 g/mol. The summed E-state index contributed by atoms with van der Waals surface area (Å²) in [7, 11) is 5.27. The zero-order valence-corrected chi connectivity index (χ0v) is 13.2. The highest BCUT2D eigenvalue weighted by Gasteiger charge is 2.26. The number of methoxy groups -OCH3 is 1. The number of carbonyl (C=O) groups is 2. The van der Waals surface area contributed by atoms with Crippen LogP contribution in [0.4, 0.5) is 0 Å². The van der Waals surface area contributed by atoms with Crippen molar-refractivity contribution in [1.29, 1.82) is 0 Å². The standard InChI is InChI=1S/C16H22N2O4/c1-17(2)13-5-4-6-18(10-13)15(20)11-7-12(16(21)22-3)9-14(19)8-11/h7-9,13,19H,4-6,10H2,1-3H3. The summed E-state index contributed by atoms with van der Waals surface area (Å²) in [6, 6.07) is 4.47. The van der Waals surface area contributed by atoms with Gasteiger partial charge in [0.25, 0.3) is 5.91 Å². The number of likely N-dealkylation sites (tertiary alicyclic amines) is 1. The van der Waals surface area contributed by atoms with Gasteiger partial charge in [0.05, 0.1) is 12.7 Å². The molecule has 1 amide bonds. The molecule has 2 rings (SSSR count). The van der Waals surface area contributed by atoms with E-state index in [1.165, 1.54) is 25.3 Å². The minimum Gasteiger partial charge on any atom is -0.508 e. The van der Waals surface area contributed by atoms with Crippen molar-refractivity contribution in [3.8, 4) is 5.75 Å². The van der Waals surface area contributed by atoms with E-state index < -0.39 is 5.97 Å². The van der Waals surface area contributed by atoms with Gasteiger partial charge in [-0.15, -0.1) is 0 Å². The Bertz CT molecular complexity index is 571. The predicted octanol–water partition coefficient (Wildman–Crippen LogP) is 1.34. The van der Waals surface area contributed by atoms with E-state index in [0.717, 1.165) is 12.8 Å². The summed E-state index contributed by atoms with van der Waals surface area (Å²) in [6.07, 6.45) is 2.00. The Morgan fingerprint density at radius 1 is 1.27 bits per heavy atom. The maximum atomic E-state index is 12.6. The van der Waals surface area contributed by atoms with Crippen LogP contribution in [-0.2, 0) is 4.74 Å². The third kappa shape index (κ3) is 3.57. The summed E-state index contributed by atoms with van der Waals surface area (Å²) >= 11 is 0. The molecule has 22 heavy (non-hydrogen) atoms. The van der Waals surface area contributed by atoms with E-state index in [0.29, 0.717) is 24.7 Å². The summed E-state index contributed by atoms with van der Waals surface area (Å²) in [5.74, 6) is -0.866. The number of hydrogen-bond donors (Lipinski definition) is 1. The fourth-order valence-corrected chi connectivity index (χ4v) is 2.71. The lowest BCUT2D eigenvalue weighted by atomic mass is 10.0. The maximum absolute atomic E-state index is 12.6. The quantitative estimate of drug-likeness (QED) is 0.854. The highest BCUT2D eigenvalue weighted by Crippen LogP contribution is 2.21. The van der Waals surface area contributed by atoms with Gasteiger partial charge in [-0.3, -0.25) is 4.79 Å². The fraction of sp³-hybridized carbons (Fsp3) is 0.500. The van der Waals surface area contributed by atoms with E-state index in [1.54, 1.807) is 4.90 Å². The second kappa shape index (κ2) is 6.79. The Kier molecular flexibility index (Phi) is 5.03. The molecule has 0 aromatic heterocycles. The molecule has 0 aliphatic carbocycles. The molecule has 6 nitrogen and oxygen atoms in total. The van der Waals surface area contributed by atoms with Gasteiger partial charge in [0, 0.05) is 24.7 Å². The van der Waals surface area contributed by atoms with Crippen LogP contribution >= 0.6 is 0 Å². The molecular formula is C16H22N2O4. The molecule has 1 atom stereocenters. The average molecular weight is 306 g/mol. The SMILES string of the molecule is COC(=O)c1cc(O)cc(C(=O)N2CCCC(N(C)C)C2)c1. The first kappa shape index (κ1) is 16.3. The lowest BCUT2D eigenvalue weighted by Crippen LogP contribution is -2.47. The molecule has 0 saturated carbocycles. The van der Waals surface area contributed by atoms with Crippen LogP contribution in [0.25, 0.3) is 0 Å². The highest BCUT2D eigenvalue weighted by molar-refractivity contribution is 5.98. The number of ether oxygens (including phenoxy) is 1. The Balaban J connectivity index is 2.22. The fourth-order valence-electron chi connectivity index (χ4n) is 2.71. The minimum absolute atomic E-state index is 0.118. The lowest BCUT2D eigenvalue weighted by Gasteiger charge is -2.36. The molecule has 1 unspecified atom stereocenters. The lowest BCUT2D eigenvalue weighted by molar-refractivity contribution is 0.0600. The van der Waals surface area contributed by atoms with Crippen molar-refractivity contribution in [2.45, 2.75) is 18.9 Å². The molecule has 1 aromatic rings. The second-order valence-corrected chi connectivity index (χ2v) is 5.77. The molecule has 0 radical (unpaired) electrons. The van der Waals surface area contributed by atoms with Crippen LogP contribution in [0.1, 0.15) is 33.6 Å². The van der Waals surface area contributed by atoms with Gasteiger partial charge in [0.1, 0.15) is 5.75 Å². The molecule has 1 N–H and O–H groups in total. The number of carbonyl (C=O) groups excluding carboxylic acids is 2. The number of rotatable bonds is 3. The first-order valence-corrected chi connectivity index (χ1v) is 7.30. The molecule has 1 aliphatic rings. The summed E-state index contributed by atoms with van der Waals surface area (Å²) in [5.41, 5.74) is 0.479. The third-order valence-corrected chi connectivity index (χ3v) is 4.00. The van der Waals surface area contributed by atoms with Gasteiger partial charge >= 0.3 is 5.97 Å². The van der Waals surface area contributed by atoms with Crippen molar-refractivity contribution in [3.63, 3.8) is 0 Å². The Labute approximate surface area is 130 Å². The van der Waals surface area contributed by atoms with Gasteiger partial charge in [-0.05, 0) is 45.1 Å². The van der Waals surface area contributed by atoms with Crippen molar-refractivity contribution in [2.75, 3.05) is 34.3 Å². The maximum Gasteiger partial charge on any atom is 0.338 e. The van der Waals surface area contributed by atoms with Crippen LogP contribution in [-0.4, -0.2) is 67.1 Å². The Morgan fingerprint density at radius 3 is 2.59 bits per heavy atom. The van der Waals surface area contributed by atoms with Crippen molar-refractivity contribution in [2.24, 2.45) is 0 Å². The predicted molar refractivity (Wildman–Crippen MR) is 82.1 cm³/mol. The van der Waals surface area contributed by atoms with Crippen molar-refractivity contribution < 1.29 is 19.4 Å². The molecule has 1 saturated heterocycles. The largest absolute Gasteiger partial charge is 0.508 e. The van der Waals surface area contributed by atoms with Crippen LogP contribution in [0.5, 0.6) is 5.75 Å². The van der Waals surface area contributed by atoms with Gasteiger partial charge in [-0.1, -0.05) is 0 Å². The van der Waals surface area contributed by atoms with Crippen molar-refractivity contribution in [3.05, 3.63) is 29.3 Å². The molecule has 0 bridgehead atoms. The molecule has 1 heterocycles. The summed E-state index contributed by atoms with van der Waals surface area (Å²) in [5, 5.41) is 9.74. The number of benzene rings is 1. The van der Waals surface area contributed by atoms with Gasteiger partial charge in [0.2, 0.25) is 0 Å². The third-order valence-electron chi connectivity index (χ3n) is 4.00.